The molecule has 236 valence electrons. The maximum absolute atomic E-state index is 14.7. The second-order valence-electron chi connectivity index (χ2n) is 13.5. The molecule has 0 amide bonds. The molecule has 5 fully saturated rings. The maximum Gasteiger partial charge on any atom is 0.309 e. The molecule has 2 bridgehead atoms. The van der Waals surface area contributed by atoms with Crippen molar-refractivity contribution in [3.63, 3.8) is 0 Å². The number of fused-ring (bicyclic) bond motifs is 1. The van der Waals surface area contributed by atoms with Crippen LogP contribution in [0.15, 0.2) is 23.0 Å². The number of hydrogen-bond donors (Lipinski definition) is 1. The molecule has 1 aromatic rings. The summed E-state index contributed by atoms with van der Waals surface area (Å²) in [5.74, 6) is -5.28. The predicted octanol–water partition coefficient (Wildman–Crippen LogP) is 2.84. The second kappa shape index (κ2) is 9.88. The van der Waals surface area contributed by atoms with Crippen LogP contribution in [0.5, 0.6) is 0 Å². The van der Waals surface area contributed by atoms with Gasteiger partial charge >= 0.3 is 23.9 Å². The third-order valence-corrected chi connectivity index (χ3v) is 11.3. The van der Waals surface area contributed by atoms with E-state index in [9.17, 15) is 29.1 Å². The number of Topliss-reactive ketones (excluding diaryl/α,β-unsaturated/α-hetero) is 1. The SMILES string of the molecule is COC(=O)C[C@H]1C(C)(C)[C@H](OC(C)=O)C[C@@H]2O[C@]34CC(=O)O[C@@H](c5ccoc5)[C@]3(C)[C@@H](OC(C)=O)[C@@](O)(C(=O)[C@H]4C)[C@@]21C. The normalized spacial score (nSPS) is 43.0. The van der Waals surface area contributed by atoms with E-state index in [1.165, 1.54) is 33.5 Å². The molecule has 1 N–H and O–H groups in total. The Morgan fingerprint density at radius 3 is 2.26 bits per heavy atom. The molecule has 1 spiro atoms. The molecule has 6 rings (SSSR count). The summed E-state index contributed by atoms with van der Waals surface area (Å²) in [6, 6.07) is 1.59. The number of aliphatic hydroxyl groups is 1. The molecule has 10 atom stereocenters. The Kier molecular flexibility index (Phi) is 7.17. The van der Waals surface area contributed by atoms with Gasteiger partial charge in [0.05, 0.1) is 37.6 Å². The lowest BCUT2D eigenvalue weighted by molar-refractivity contribution is -0.292. The number of carbonyl (C=O) groups is 5. The Morgan fingerprint density at radius 1 is 1.05 bits per heavy atom. The first-order chi connectivity index (χ1) is 19.9. The van der Waals surface area contributed by atoms with E-state index in [2.05, 4.69) is 0 Å². The van der Waals surface area contributed by atoms with Gasteiger partial charge in [-0.1, -0.05) is 27.7 Å². The third-order valence-electron chi connectivity index (χ3n) is 11.3. The summed E-state index contributed by atoms with van der Waals surface area (Å²) in [6.45, 7) is 10.9. The summed E-state index contributed by atoms with van der Waals surface area (Å²) in [7, 11) is 1.23. The number of cyclic esters (lactones) is 1. The fourth-order valence-electron chi connectivity index (χ4n) is 9.06. The zero-order valence-electron chi connectivity index (χ0n) is 25.8. The van der Waals surface area contributed by atoms with Crippen molar-refractivity contribution in [1.29, 1.82) is 0 Å². The zero-order chi connectivity index (χ0) is 31.9. The summed E-state index contributed by atoms with van der Waals surface area (Å²) in [6.07, 6.45) is -2.45. The Morgan fingerprint density at radius 2 is 1.70 bits per heavy atom. The van der Waals surface area contributed by atoms with Gasteiger partial charge in [0.25, 0.3) is 0 Å². The molecule has 2 aliphatic carbocycles. The first-order valence-electron chi connectivity index (χ1n) is 14.5. The highest BCUT2D eigenvalue weighted by molar-refractivity contribution is 5.95. The van der Waals surface area contributed by atoms with Gasteiger partial charge in [-0.3, -0.25) is 24.0 Å². The van der Waals surface area contributed by atoms with E-state index in [-0.39, 0.29) is 19.3 Å². The van der Waals surface area contributed by atoms with Gasteiger partial charge in [-0.15, -0.1) is 0 Å². The number of furan rings is 1. The number of rotatable bonds is 5. The van der Waals surface area contributed by atoms with Crippen LogP contribution in [0, 0.1) is 28.1 Å². The van der Waals surface area contributed by atoms with Gasteiger partial charge in [-0.05, 0) is 18.9 Å². The topological polar surface area (TPSA) is 165 Å². The van der Waals surface area contributed by atoms with Gasteiger partial charge in [0.15, 0.2) is 17.5 Å². The highest BCUT2D eigenvalue weighted by Gasteiger charge is 2.85. The summed E-state index contributed by atoms with van der Waals surface area (Å²) in [5, 5.41) is 13.2. The van der Waals surface area contributed by atoms with Crippen LogP contribution in [0.2, 0.25) is 0 Å². The lowest BCUT2D eigenvalue weighted by Crippen LogP contribution is -2.80. The molecular weight excluding hydrogens is 564 g/mol. The van der Waals surface area contributed by atoms with Crippen molar-refractivity contribution in [2.24, 2.45) is 28.1 Å². The van der Waals surface area contributed by atoms with Crippen molar-refractivity contribution >= 4 is 29.7 Å². The van der Waals surface area contributed by atoms with Crippen LogP contribution in [0.1, 0.15) is 79.4 Å². The minimum atomic E-state index is -2.46. The Bertz CT molecular complexity index is 1350. The quantitative estimate of drug-likeness (QED) is 0.386. The van der Waals surface area contributed by atoms with Crippen molar-refractivity contribution in [2.75, 3.05) is 7.11 Å². The van der Waals surface area contributed by atoms with Crippen molar-refractivity contribution < 1.29 is 57.2 Å². The maximum atomic E-state index is 14.7. The minimum absolute atomic E-state index is 0.0269. The third kappa shape index (κ3) is 3.91. The Hall–Kier alpha value is -3.25. The lowest BCUT2D eigenvalue weighted by atomic mass is 9.41. The molecule has 3 aliphatic heterocycles. The van der Waals surface area contributed by atoms with Crippen molar-refractivity contribution in [3.05, 3.63) is 24.2 Å². The van der Waals surface area contributed by atoms with Crippen LogP contribution in [0.25, 0.3) is 0 Å². The van der Waals surface area contributed by atoms with Crippen LogP contribution in [0.4, 0.5) is 0 Å². The predicted molar refractivity (Wildman–Crippen MR) is 145 cm³/mol. The molecule has 12 heteroatoms. The Balaban J connectivity index is 1.87. The minimum Gasteiger partial charge on any atom is -0.472 e. The van der Waals surface area contributed by atoms with Crippen LogP contribution >= 0.6 is 0 Å². The number of carbonyl (C=O) groups excluding carboxylic acids is 5. The summed E-state index contributed by atoms with van der Waals surface area (Å²) in [4.78, 5) is 66.2. The van der Waals surface area contributed by atoms with Crippen LogP contribution < -0.4 is 0 Å². The van der Waals surface area contributed by atoms with Crippen molar-refractivity contribution in [1.82, 2.24) is 0 Å². The number of ketones is 1. The van der Waals surface area contributed by atoms with E-state index in [1.807, 2.05) is 0 Å². The van der Waals surface area contributed by atoms with E-state index in [0.717, 1.165) is 0 Å². The number of ether oxygens (including phenoxy) is 5. The average Bonchev–Trinajstić information content (AvgIpc) is 3.44. The van der Waals surface area contributed by atoms with Crippen molar-refractivity contribution in [2.45, 2.75) is 103 Å². The first-order valence-corrected chi connectivity index (χ1v) is 14.5. The van der Waals surface area contributed by atoms with Crippen LogP contribution in [-0.4, -0.2) is 71.4 Å². The average molecular weight is 605 g/mol. The van der Waals surface area contributed by atoms with Gasteiger partial charge < -0.3 is 33.2 Å². The first kappa shape index (κ1) is 31.2. The Labute approximate surface area is 249 Å². The van der Waals surface area contributed by atoms with Gasteiger partial charge in [-0.2, -0.15) is 0 Å². The van der Waals surface area contributed by atoms with Gasteiger partial charge in [0.2, 0.25) is 0 Å². The fourth-order valence-corrected chi connectivity index (χ4v) is 9.06. The molecule has 0 radical (unpaired) electrons. The lowest BCUT2D eigenvalue weighted by Gasteiger charge is -2.64. The van der Waals surface area contributed by atoms with E-state index < -0.39 is 93.4 Å². The molecule has 0 aromatic carbocycles. The standard InChI is InChI=1S/C31H40O12/c1-15-24(36)31(37)26(41-17(3)33)29(7)25(18-9-10-39-14-18)42-23(35)13-30(15,29)43-21-12-20(40-16(2)32)27(4,5)19(28(21,31)6)11-22(34)38-8/h9-10,14-15,19-21,25-26,37H,11-13H2,1-8H3/t15-,19+,20-,21+,25+,26-,28-,29-,30+,31+/m1/s1. The molecule has 5 aliphatic rings. The fraction of sp³-hybridized carbons (Fsp3) is 0.710. The molecule has 1 aromatic heterocycles. The van der Waals surface area contributed by atoms with E-state index in [4.69, 9.17) is 28.1 Å². The van der Waals surface area contributed by atoms with Crippen LogP contribution in [0.3, 0.4) is 0 Å². The molecule has 0 unspecified atom stereocenters. The summed E-state index contributed by atoms with van der Waals surface area (Å²) >= 11 is 0. The van der Waals surface area contributed by atoms with Gasteiger partial charge in [-0.25, -0.2) is 0 Å². The summed E-state index contributed by atoms with van der Waals surface area (Å²) < 4.78 is 35.1. The van der Waals surface area contributed by atoms with Gasteiger partial charge in [0, 0.05) is 49.0 Å². The number of hydrogen-bond acceptors (Lipinski definition) is 12. The van der Waals surface area contributed by atoms with Crippen molar-refractivity contribution in [3.8, 4) is 0 Å². The number of methoxy groups -OCH3 is 1. The molecule has 2 saturated carbocycles. The smallest absolute Gasteiger partial charge is 0.309 e. The number of esters is 4. The monoisotopic (exact) mass is 604 g/mol. The van der Waals surface area contributed by atoms with E-state index in [0.29, 0.717) is 5.56 Å². The highest BCUT2D eigenvalue weighted by atomic mass is 16.6. The highest BCUT2D eigenvalue weighted by Crippen LogP contribution is 2.73. The molecule has 12 nitrogen and oxygen atoms in total. The van der Waals surface area contributed by atoms with Gasteiger partial charge in [0.1, 0.15) is 17.8 Å². The molecular formula is C31H40O12. The largest absolute Gasteiger partial charge is 0.472 e. The van der Waals surface area contributed by atoms with Crippen LogP contribution in [-0.2, 0) is 47.7 Å². The zero-order valence-corrected chi connectivity index (χ0v) is 25.8. The summed E-state index contributed by atoms with van der Waals surface area (Å²) in [5.41, 5.74) is -7.86. The second-order valence-corrected chi connectivity index (χ2v) is 13.5. The molecule has 4 heterocycles. The molecule has 43 heavy (non-hydrogen) atoms. The van der Waals surface area contributed by atoms with E-state index in [1.54, 1.807) is 40.7 Å². The van der Waals surface area contributed by atoms with E-state index >= 15 is 0 Å². The molecule has 3 saturated heterocycles.